The first-order chi connectivity index (χ1) is 12.4. The number of carboxylic acids is 1. The molecule has 0 aliphatic carbocycles. The molecule has 1 fully saturated rings. The Morgan fingerprint density at radius 2 is 1.65 bits per heavy atom. The van der Waals surface area contributed by atoms with Crippen molar-refractivity contribution in [2.75, 3.05) is 13.1 Å². The lowest BCUT2D eigenvalue weighted by Gasteiger charge is -2.33. The highest BCUT2D eigenvalue weighted by molar-refractivity contribution is 7.89. The Balaban J connectivity index is 1.76. The van der Waals surface area contributed by atoms with E-state index in [1.807, 2.05) is 18.2 Å². The van der Waals surface area contributed by atoms with Crippen molar-refractivity contribution in [3.8, 4) is 11.5 Å². The van der Waals surface area contributed by atoms with Crippen LogP contribution in [0.5, 0.6) is 11.5 Å². The van der Waals surface area contributed by atoms with Crippen molar-refractivity contribution >= 4 is 16.0 Å². The summed E-state index contributed by atoms with van der Waals surface area (Å²) in [7, 11) is -3.84. The first-order valence-electron chi connectivity index (χ1n) is 8.12. The molecule has 0 aromatic heterocycles. The molecule has 0 amide bonds. The second-order valence-corrected chi connectivity index (χ2v) is 7.99. The number of hydrogen-bond donors (Lipinski definition) is 2. The molecule has 7 nitrogen and oxygen atoms in total. The summed E-state index contributed by atoms with van der Waals surface area (Å²) in [6, 6.07) is 15.0. The van der Waals surface area contributed by atoms with E-state index in [4.69, 9.17) is 9.84 Å². The van der Waals surface area contributed by atoms with Gasteiger partial charge in [0.15, 0.2) is 0 Å². The number of aliphatic carboxylic acids is 1. The van der Waals surface area contributed by atoms with Gasteiger partial charge in [-0.25, -0.2) is 8.42 Å². The van der Waals surface area contributed by atoms with Gasteiger partial charge in [-0.05, 0) is 42.8 Å². The Kier molecular flexibility index (Phi) is 5.26. The minimum Gasteiger partial charge on any atom is -0.481 e. The van der Waals surface area contributed by atoms with Crippen LogP contribution in [0.4, 0.5) is 0 Å². The Hall–Kier alpha value is -2.42. The lowest BCUT2D eigenvalue weighted by Crippen LogP contribution is -2.48. The summed E-state index contributed by atoms with van der Waals surface area (Å²) >= 11 is 0. The van der Waals surface area contributed by atoms with Gasteiger partial charge in [-0.15, -0.1) is 0 Å². The maximum absolute atomic E-state index is 12.7. The van der Waals surface area contributed by atoms with Gasteiger partial charge in [0, 0.05) is 13.1 Å². The van der Waals surface area contributed by atoms with Crippen LogP contribution in [0.25, 0.3) is 0 Å². The molecule has 8 heteroatoms. The molecule has 0 saturated carbocycles. The van der Waals surface area contributed by atoms with E-state index in [2.05, 4.69) is 0 Å². The summed E-state index contributed by atoms with van der Waals surface area (Å²) in [5.74, 6) is -1.20. The van der Waals surface area contributed by atoms with E-state index in [1.165, 1.54) is 12.1 Å². The van der Waals surface area contributed by atoms with Crippen molar-refractivity contribution in [3.63, 3.8) is 0 Å². The van der Waals surface area contributed by atoms with Crippen LogP contribution in [-0.2, 0) is 14.8 Å². The number of nitrogens with zero attached hydrogens (tertiary/aromatic N) is 1. The Morgan fingerprint density at radius 1 is 1.04 bits per heavy atom. The number of sulfonamides is 1. The van der Waals surface area contributed by atoms with E-state index < -0.39 is 28.0 Å². The van der Waals surface area contributed by atoms with Crippen LogP contribution < -0.4 is 4.74 Å². The van der Waals surface area contributed by atoms with Crippen molar-refractivity contribution in [3.05, 3.63) is 54.6 Å². The van der Waals surface area contributed by atoms with E-state index in [9.17, 15) is 18.3 Å². The van der Waals surface area contributed by atoms with Gasteiger partial charge in [0.05, 0.1) is 16.9 Å². The summed E-state index contributed by atoms with van der Waals surface area (Å²) in [4.78, 5) is 11.2. The SMILES string of the molecule is O=C(O)[C@@H]1CN(S(=O)(=O)c2ccc(Oc3ccccc3)cc2)CC[C@H]1O. The van der Waals surface area contributed by atoms with Gasteiger partial charge in [-0.1, -0.05) is 18.2 Å². The van der Waals surface area contributed by atoms with Gasteiger partial charge in [0.2, 0.25) is 10.0 Å². The Bertz CT molecular complexity index is 866. The quantitative estimate of drug-likeness (QED) is 0.825. The number of piperidine rings is 1. The number of hydrogen-bond acceptors (Lipinski definition) is 5. The van der Waals surface area contributed by atoms with Crippen LogP contribution in [0.15, 0.2) is 59.5 Å². The molecule has 2 aromatic carbocycles. The number of ether oxygens (including phenoxy) is 1. The number of benzene rings is 2. The second kappa shape index (κ2) is 7.45. The highest BCUT2D eigenvalue weighted by atomic mass is 32.2. The molecule has 26 heavy (non-hydrogen) atoms. The molecule has 1 heterocycles. The maximum atomic E-state index is 12.7. The van der Waals surface area contributed by atoms with Crippen LogP contribution in [-0.4, -0.2) is 48.1 Å². The van der Waals surface area contributed by atoms with E-state index in [0.717, 1.165) is 4.31 Å². The standard InChI is InChI=1S/C18H19NO6S/c20-17-10-11-19(12-16(17)18(21)22)26(23,24)15-8-6-14(7-9-15)25-13-4-2-1-3-5-13/h1-9,16-17,20H,10-12H2,(H,21,22)/t16-,17-/m1/s1. The Morgan fingerprint density at radius 3 is 2.27 bits per heavy atom. The fourth-order valence-electron chi connectivity index (χ4n) is 2.82. The van der Waals surface area contributed by atoms with E-state index in [1.54, 1.807) is 24.3 Å². The molecule has 3 rings (SSSR count). The van der Waals surface area contributed by atoms with Gasteiger partial charge < -0.3 is 14.9 Å². The van der Waals surface area contributed by atoms with Crippen LogP contribution in [0.3, 0.4) is 0 Å². The summed E-state index contributed by atoms with van der Waals surface area (Å²) in [5.41, 5.74) is 0. The smallest absolute Gasteiger partial charge is 0.310 e. The van der Waals surface area contributed by atoms with Crippen molar-refractivity contribution in [2.45, 2.75) is 17.4 Å². The normalized spacial score (nSPS) is 21.3. The predicted molar refractivity (Wildman–Crippen MR) is 93.5 cm³/mol. The number of rotatable bonds is 5. The van der Waals surface area contributed by atoms with Crippen molar-refractivity contribution in [1.82, 2.24) is 4.31 Å². The molecule has 1 aliphatic heterocycles. The number of carboxylic acid groups (broad SMARTS) is 1. The fraction of sp³-hybridized carbons (Fsp3) is 0.278. The van der Waals surface area contributed by atoms with E-state index in [-0.39, 0.29) is 24.4 Å². The molecule has 0 unspecified atom stereocenters. The number of aliphatic hydroxyl groups excluding tert-OH is 1. The number of carbonyl (C=O) groups is 1. The third kappa shape index (κ3) is 3.87. The molecule has 0 bridgehead atoms. The summed E-state index contributed by atoms with van der Waals surface area (Å²) in [6.45, 7) is -0.170. The van der Waals surface area contributed by atoms with Gasteiger partial charge >= 0.3 is 5.97 Å². The third-order valence-electron chi connectivity index (χ3n) is 4.30. The van der Waals surface area contributed by atoms with Crippen molar-refractivity contribution in [1.29, 1.82) is 0 Å². The first-order valence-corrected chi connectivity index (χ1v) is 9.56. The summed E-state index contributed by atoms with van der Waals surface area (Å²) in [5, 5.41) is 18.9. The molecule has 2 N–H and O–H groups in total. The first kappa shape index (κ1) is 18.4. The lowest BCUT2D eigenvalue weighted by atomic mass is 9.96. The highest BCUT2D eigenvalue weighted by Gasteiger charge is 2.38. The highest BCUT2D eigenvalue weighted by Crippen LogP contribution is 2.27. The third-order valence-corrected chi connectivity index (χ3v) is 6.18. The average molecular weight is 377 g/mol. The minimum absolute atomic E-state index is 0.0541. The zero-order valence-corrected chi connectivity index (χ0v) is 14.7. The van der Waals surface area contributed by atoms with E-state index in [0.29, 0.717) is 11.5 Å². The minimum atomic E-state index is -3.84. The molecular formula is C18H19NO6S. The zero-order chi connectivity index (χ0) is 18.7. The molecule has 2 atom stereocenters. The van der Waals surface area contributed by atoms with Crippen molar-refractivity contribution in [2.24, 2.45) is 5.92 Å². The van der Waals surface area contributed by atoms with Gasteiger partial charge in [0.1, 0.15) is 11.5 Å². The molecular weight excluding hydrogens is 358 g/mol. The zero-order valence-electron chi connectivity index (χ0n) is 13.9. The maximum Gasteiger partial charge on any atom is 0.310 e. The van der Waals surface area contributed by atoms with Gasteiger partial charge in [-0.3, -0.25) is 4.79 Å². The largest absolute Gasteiger partial charge is 0.481 e. The van der Waals surface area contributed by atoms with Crippen LogP contribution >= 0.6 is 0 Å². The van der Waals surface area contributed by atoms with Crippen molar-refractivity contribution < 1.29 is 28.2 Å². The van der Waals surface area contributed by atoms with Gasteiger partial charge in [0.25, 0.3) is 0 Å². The molecule has 138 valence electrons. The lowest BCUT2D eigenvalue weighted by molar-refractivity contribution is -0.147. The van der Waals surface area contributed by atoms with Gasteiger partial charge in [-0.2, -0.15) is 4.31 Å². The van der Waals surface area contributed by atoms with Crippen LogP contribution in [0, 0.1) is 5.92 Å². The summed E-state index contributed by atoms with van der Waals surface area (Å²) in [6.07, 6.45) is -0.952. The molecule has 0 spiro atoms. The fourth-order valence-corrected chi connectivity index (χ4v) is 4.30. The molecule has 0 radical (unpaired) electrons. The topological polar surface area (TPSA) is 104 Å². The molecule has 1 saturated heterocycles. The molecule has 1 aliphatic rings. The monoisotopic (exact) mass is 377 g/mol. The summed E-state index contributed by atoms with van der Waals surface area (Å²) < 4.78 is 32.2. The Labute approximate surface area is 151 Å². The van der Waals surface area contributed by atoms with Crippen LogP contribution in [0.2, 0.25) is 0 Å². The average Bonchev–Trinajstić information content (AvgIpc) is 2.63. The van der Waals surface area contributed by atoms with E-state index >= 15 is 0 Å². The predicted octanol–water partition coefficient (Wildman–Crippen LogP) is 1.94. The number of para-hydroxylation sites is 1. The van der Waals surface area contributed by atoms with Crippen LogP contribution in [0.1, 0.15) is 6.42 Å². The number of aliphatic hydroxyl groups is 1. The molecule has 2 aromatic rings. The second-order valence-electron chi connectivity index (χ2n) is 6.05.